The maximum atomic E-state index is 12.1. The maximum absolute atomic E-state index is 12.1. The Bertz CT molecular complexity index is 798. The largest absolute Gasteiger partial charge is 0.484 e. The van der Waals surface area contributed by atoms with E-state index in [2.05, 4.69) is 29.6 Å². The van der Waals surface area contributed by atoms with Gasteiger partial charge in [-0.25, -0.2) is 0 Å². The van der Waals surface area contributed by atoms with Crippen molar-refractivity contribution >= 4 is 5.91 Å². The lowest BCUT2D eigenvalue weighted by Crippen LogP contribution is -2.31. The molecule has 1 amide bonds. The van der Waals surface area contributed by atoms with E-state index in [1.807, 2.05) is 67.6 Å². The molecule has 0 saturated carbocycles. The number of ether oxygens (including phenoxy) is 1. The Labute approximate surface area is 148 Å². The van der Waals surface area contributed by atoms with Crippen LogP contribution in [0.4, 0.5) is 0 Å². The first-order valence-corrected chi connectivity index (χ1v) is 8.35. The van der Waals surface area contributed by atoms with Crippen LogP contribution in [0.5, 0.6) is 5.75 Å². The minimum atomic E-state index is -0.136. The zero-order chi connectivity index (χ0) is 17.5. The van der Waals surface area contributed by atoms with E-state index in [-0.39, 0.29) is 18.6 Å². The number of carbonyl (C=O) groups is 1. The highest BCUT2D eigenvalue weighted by Gasteiger charge is 2.10. The van der Waals surface area contributed by atoms with Gasteiger partial charge in [0.2, 0.25) is 0 Å². The molecule has 1 N–H and O–H groups in total. The van der Waals surface area contributed by atoms with Crippen molar-refractivity contribution in [2.45, 2.75) is 13.0 Å². The summed E-state index contributed by atoms with van der Waals surface area (Å²) in [4.78, 5) is 12.1. The summed E-state index contributed by atoms with van der Waals surface area (Å²) in [6.45, 7) is 1.98. The maximum Gasteiger partial charge on any atom is 0.258 e. The van der Waals surface area contributed by atoms with E-state index >= 15 is 0 Å². The van der Waals surface area contributed by atoms with E-state index in [0.29, 0.717) is 5.75 Å². The molecule has 25 heavy (non-hydrogen) atoms. The van der Waals surface area contributed by atoms with Crippen LogP contribution in [0.2, 0.25) is 0 Å². The fraction of sp³-hybridized carbons (Fsp3) is 0.136. The van der Waals surface area contributed by atoms with Gasteiger partial charge in [0.05, 0.1) is 6.04 Å². The summed E-state index contributed by atoms with van der Waals surface area (Å²) >= 11 is 0. The fourth-order valence-corrected chi connectivity index (χ4v) is 2.63. The summed E-state index contributed by atoms with van der Waals surface area (Å²) in [5.41, 5.74) is 3.41. The van der Waals surface area contributed by atoms with Crippen LogP contribution in [0.1, 0.15) is 18.5 Å². The zero-order valence-electron chi connectivity index (χ0n) is 14.2. The monoisotopic (exact) mass is 331 g/mol. The first-order valence-electron chi connectivity index (χ1n) is 8.35. The van der Waals surface area contributed by atoms with Crippen molar-refractivity contribution in [1.29, 1.82) is 0 Å². The second-order valence-electron chi connectivity index (χ2n) is 5.88. The first kappa shape index (κ1) is 16.8. The Hall–Kier alpha value is -3.07. The van der Waals surface area contributed by atoms with E-state index < -0.39 is 0 Å². The molecule has 0 radical (unpaired) electrons. The summed E-state index contributed by atoms with van der Waals surface area (Å²) in [5.74, 6) is 0.556. The molecule has 3 nitrogen and oxygen atoms in total. The number of para-hydroxylation sites is 1. The molecular weight excluding hydrogens is 310 g/mol. The topological polar surface area (TPSA) is 38.3 Å². The third-order valence-corrected chi connectivity index (χ3v) is 4.01. The third-order valence-electron chi connectivity index (χ3n) is 4.01. The molecule has 3 heteroatoms. The van der Waals surface area contributed by atoms with Crippen molar-refractivity contribution < 1.29 is 9.53 Å². The molecule has 0 aliphatic rings. The summed E-state index contributed by atoms with van der Waals surface area (Å²) in [6.07, 6.45) is 0. The number of hydrogen-bond donors (Lipinski definition) is 1. The SMILES string of the molecule is CC(NC(=O)COc1ccccc1)c1ccc(-c2ccccc2)cc1. The van der Waals surface area contributed by atoms with Crippen LogP contribution >= 0.6 is 0 Å². The highest BCUT2D eigenvalue weighted by Crippen LogP contribution is 2.21. The normalized spacial score (nSPS) is 11.6. The predicted octanol–water partition coefficient (Wildman–Crippen LogP) is 4.61. The Kier molecular flexibility index (Phi) is 5.47. The van der Waals surface area contributed by atoms with Gasteiger partial charge in [-0.2, -0.15) is 0 Å². The van der Waals surface area contributed by atoms with Crippen molar-refractivity contribution in [3.05, 3.63) is 90.5 Å². The molecule has 0 bridgehead atoms. The molecule has 3 rings (SSSR count). The fourth-order valence-electron chi connectivity index (χ4n) is 2.63. The number of amides is 1. The Balaban J connectivity index is 1.55. The smallest absolute Gasteiger partial charge is 0.258 e. The van der Waals surface area contributed by atoms with E-state index in [9.17, 15) is 4.79 Å². The molecule has 0 spiro atoms. The lowest BCUT2D eigenvalue weighted by Gasteiger charge is -2.15. The molecule has 1 unspecified atom stereocenters. The van der Waals surface area contributed by atoms with Crippen LogP contribution in [-0.4, -0.2) is 12.5 Å². The summed E-state index contributed by atoms with van der Waals surface area (Å²) in [6, 6.07) is 27.7. The molecule has 126 valence electrons. The first-order chi connectivity index (χ1) is 12.2. The van der Waals surface area contributed by atoms with Gasteiger partial charge >= 0.3 is 0 Å². The van der Waals surface area contributed by atoms with Crippen LogP contribution in [0.3, 0.4) is 0 Å². The van der Waals surface area contributed by atoms with Crippen LogP contribution in [0.15, 0.2) is 84.9 Å². The van der Waals surface area contributed by atoms with E-state index in [1.54, 1.807) is 0 Å². The molecule has 0 heterocycles. The van der Waals surface area contributed by atoms with E-state index in [0.717, 1.165) is 11.1 Å². The quantitative estimate of drug-likeness (QED) is 0.716. The molecule has 0 aliphatic carbocycles. The van der Waals surface area contributed by atoms with Crippen LogP contribution < -0.4 is 10.1 Å². The van der Waals surface area contributed by atoms with Crippen LogP contribution in [0.25, 0.3) is 11.1 Å². The highest BCUT2D eigenvalue weighted by molar-refractivity contribution is 5.78. The van der Waals surface area contributed by atoms with Gasteiger partial charge in [-0.3, -0.25) is 4.79 Å². The molecule has 0 saturated heterocycles. The Morgan fingerprint density at radius 2 is 1.40 bits per heavy atom. The summed E-state index contributed by atoms with van der Waals surface area (Å²) in [7, 11) is 0. The lowest BCUT2D eigenvalue weighted by atomic mass is 10.0. The number of nitrogens with one attached hydrogen (secondary N) is 1. The summed E-state index contributed by atoms with van der Waals surface area (Å²) < 4.78 is 5.47. The van der Waals surface area contributed by atoms with Gasteiger partial charge in [-0.1, -0.05) is 72.8 Å². The Morgan fingerprint density at radius 3 is 2.04 bits per heavy atom. The number of hydrogen-bond acceptors (Lipinski definition) is 2. The molecular formula is C22H21NO2. The Morgan fingerprint density at radius 1 is 0.840 bits per heavy atom. The van der Waals surface area contributed by atoms with Gasteiger partial charge in [-0.05, 0) is 35.7 Å². The van der Waals surface area contributed by atoms with Gasteiger partial charge in [-0.15, -0.1) is 0 Å². The molecule has 0 aliphatic heterocycles. The minimum absolute atomic E-state index is 0.0104. The van der Waals surface area contributed by atoms with Gasteiger partial charge in [0.25, 0.3) is 5.91 Å². The number of benzene rings is 3. The van der Waals surface area contributed by atoms with E-state index in [1.165, 1.54) is 5.56 Å². The van der Waals surface area contributed by atoms with Gasteiger partial charge < -0.3 is 10.1 Å². The zero-order valence-corrected chi connectivity index (χ0v) is 14.2. The number of rotatable bonds is 6. The second-order valence-corrected chi connectivity index (χ2v) is 5.88. The van der Waals surface area contributed by atoms with Crippen molar-refractivity contribution in [1.82, 2.24) is 5.32 Å². The van der Waals surface area contributed by atoms with Crippen molar-refractivity contribution in [2.75, 3.05) is 6.61 Å². The van der Waals surface area contributed by atoms with Crippen molar-refractivity contribution in [2.24, 2.45) is 0 Å². The molecule has 0 fully saturated rings. The van der Waals surface area contributed by atoms with E-state index in [4.69, 9.17) is 4.74 Å². The van der Waals surface area contributed by atoms with Gasteiger partial charge in [0.15, 0.2) is 6.61 Å². The van der Waals surface area contributed by atoms with Crippen molar-refractivity contribution in [3.8, 4) is 16.9 Å². The average Bonchev–Trinajstić information content (AvgIpc) is 2.68. The van der Waals surface area contributed by atoms with Crippen LogP contribution in [-0.2, 0) is 4.79 Å². The highest BCUT2D eigenvalue weighted by atomic mass is 16.5. The number of carbonyl (C=O) groups excluding carboxylic acids is 1. The van der Waals surface area contributed by atoms with Gasteiger partial charge in [0, 0.05) is 0 Å². The third kappa shape index (κ3) is 4.70. The molecule has 1 atom stereocenters. The standard InChI is InChI=1S/C22H21NO2/c1-17(23-22(24)16-25-21-10-6-3-7-11-21)18-12-14-20(15-13-18)19-8-4-2-5-9-19/h2-15,17H,16H2,1H3,(H,23,24). The van der Waals surface area contributed by atoms with Crippen molar-refractivity contribution in [3.63, 3.8) is 0 Å². The average molecular weight is 331 g/mol. The van der Waals surface area contributed by atoms with Gasteiger partial charge in [0.1, 0.15) is 5.75 Å². The predicted molar refractivity (Wildman–Crippen MR) is 100 cm³/mol. The van der Waals surface area contributed by atoms with Crippen LogP contribution in [0, 0.1) is 0 Å². The molecule has 3 aromatic rings. The molecule has 3 aromatic carbocycles. The molecule has 0 aromatic heterocycles. The second kappa shape index (κ2) is 8.15. The lowest BCUT2D eigenvalue weighted by molar-refractivity contribution is -0.123. The summed E-state index contributed by atoms with van der Waals surface area (Å²) in [5, 5.41) is 2.96. The minimum Gasteiger partial charge on any atom is -0.484 e.